The van der Waals surface area contributed by atoms with Gasteiger partial charge in [0.05, 0.1) is 6.04 Å². The molecular weight excluding hydrogens is 474 g/mol. The Morgan fingerprint density at radius 1 is 0.879 bits per heavy atom. The van der Waals surface area contributed by atoms with Gasteiger partial charge in [-0.1, -0.05) is 6.42 Å². The molecule has 0 fully saturated rings. The Morgan fingerprint density at radius 2 is 1.45 bits per heavy atom. The molecule has 0 aromatic carbocycles. The Hall–Kier alpha value is -2.03. The van der Waals surface area contributed by atoms with Crippen LogP contribution in [0, 0.1) is 0 Å². The predicted octanol–water partition coefficient (Wildman–Crippen LogP) is -1.47. The Balaban J connectivity index is 5.14. The van der Waals surface area contributed by atoms with E-state index < -0.39 is 60.2 Å². The first kappa shape index (κ1) is 31.0. The van der Waals surface area contributed by atoms with Gasteiger partial charge in [-0.05, 0) is 44.2 Å². The zero-order chi connectivity index (χ0) is 25.4. The number of nitrogens with two attached hydrogens (primary N) is 2. The van der Waals surface area contributed by atoms with E-state index in [1.807, 2.05) is 0 Å². The average Bonchev–Trinajstić information content (AvgIpc) is 2.76. The molecule has 0 aliphatic carbocycles. The molecule has 0 rings (SSSR count). The van der Waals surface area contributed by atoms with Crippen molar-refractivity contribution in [1.29, 1.82) is 0 Å². The third-order valence-corrected chi connectivity index (χ3v) is 5.64. The minimum atomic E-state index is -1.42. The molecule has 0 aromatic heterocycles. The Morgan fingerprint density at radius 3 is 1.97 bits per heavy atom. The van der Waals surface area contributed by atoms with Crippen LogP contribution in [0.1, 0.15) is 38.5 Å². The molecule has 0 aliphatic rings. The molecule has 9 N–H and O–H groups in total. The molecule has 0 spiro atoms. The number of hydrogen-bond acceptors (Lipinski definition) is 9. The van der Waals surface area contributed by atoms with E-state index >= 15 is 0 Å². The largest absolute Gasteiger partial charge is 0.481 e. The van der Waals surface area contributed by atoms with Crippen molar-refractivity contribution < 1.29 is 34.2 Å². The van der Waals surface area contributed by atoms with Gasteiger partial charge in [0.1, 0.15) is 18.1 Å². The van der Waals surface area contributed by atoms with Gasteiger partial charge in [0.15, 0.2) is 0 Å². The number of hydrogen-bond donors (Lipinski definition) is 8. The van der Waals surface area contributed by atoms with Crippen molar-refractivity contribution in [2.75, 3.05) is 24.3 Å². The predicted molar refractivity (Wildman–Crippen MR) is 128 cm³/mol. The van der Waals surface area contributed by atoms with E-state index in [1.54, 1.807) is 6.26 Å². The van der Waals surface area contributed by atoms with E-state index in [2.05, 4.69) is 28.6 Å². The van der Waals surface area contributed by atoms with Gasteiger partial charge >= 0.3 is 11.9 Å². The number of aliphatic carboxylic acids is 2. The number of unbranched alkanes of at least 4 members (excludes halogenated alkanes) is 1. The van der Waals surface area contributed by atoms with E-state index in [0.29, 0.717) is 31.6 Å². The van der Waals surface area contributed by atoms with Crippen LogP contribution in [-0.4, -0.2) is 88.3 Å². The lowest BCUT2D eigenvalue weighted by Crippen LogP contribution is -2.57. The number of carbonyl (C=O) groups excluding carboxylic acids is 3. The van der Waals surface area contributed by atoms with Crippen LogP contribution in [0.2, 0.25) is 0 Å². The van der Waals surface area contributed by atoms with Crippen LogP contribution in [0.25, 0.3) is 0 Å². The molecule has 3 amide bonds. The van der Waals surface area contributed by atoms with E-state index in [9.17, 15) is 29.1 Å². The molecule has 0 bridgehead atoms. The number of carbonyl (C=O) groups is 5. The van der Waals surface area contributed by atoms with Crippen molar-refractivity contribution in [2.24, 2.45) is 11.5 Å². The summed E-state index contributed by atoms with van der Waals surface area (Å²) in [6.07, 6.45) is 3.01. The molecule has 190 valence electrons. The first-order valence-electron chi connectivity index (χ1n) is 10.5. The summed E-state index contributed by atoms with van der Waals surface area (Å²) < 4.78 is 0. The molecule has 0 saturated heterocycles. The average molecular weight is 510 g/mol. The second kappa shape index (κ2) is 17.4. The number of thioether (sulfide) groups is 1. The molecule has 4 unspecified atom stereocenters. The van der Waals surface area contributed by atoms with Crippen LogP contribution in [0.15, 0.2) is 0 Å². The summed E-state index contributed by atoms with van der Waals surface area (Å²) in [4.78, 5) is 59.7. The first-order chi connectivity index (χ1) is 15.6. The third-order valence-electron chi connectivity index (χ3n) is 4.63. The standard InChI is InChI=1S/C19H35N5O7S2/c1-33-9-7-12(17(28)23-13(19(30)31)5-6-15(25)26)22-18(29)14(10-32)24-16(27)11(21)4-2-3-8-20/h11-14,32H,2-10,20-21H2,1H3,(H,22,29)(H,23,28)(H,24,27)(H,25,26)(H,30,31). The lowest BCUT2D eigenvalue weighted by atomic mass is 10.1. The van der Waals surface area contributed by atoms with Crippen molar-refractivity contribution in [3.63, 3.8) is 0 Å². The Bertz CT molecular complexity index is 668. The van der Waals surface area contributed by atoms with Gasteiger partial charge in [0.2, 0.25) is 17.7 Å². The number of carboxylic acids is 2. The van der Waals surface area contributed by atoms with E-state index in [-0.39, 0.29) is 18.6 Å². The van der Waals surface area contributed by atoms with E-state index in [1.165, 1.54) is 11.8 Å². The van der Waals surface area contributed by atoms with Crippen molar-refractivity contribution >= 4 is 54.1 Å². The molecule has 0 radical (unpaired) electrons. The molecule has 33 heavy (non-hydrogen) atoms. The number of thiol groups is 1. The maximum Gasteiger partial charge on any atom is 0.326 e. The van der Waals surface area contributed by atoms with Gasteiger partial charge in [-0.25, -0.2) is 4.79 Å². The zero-order valence-electron chi connectivity index (χ0n) is 18.6. The van der Waals surface area contributed by atoms with Gasteiger partial charge in [-0.3, -0.25) is 19.2 Å². The number of amides is 3. The van der Waals surface area contributed by atoms with Crippen molar-refractivity contribution in [3.05, 3.63) is 0 Å². The van der Waals surface area contributed by atoms with Crippen LogP contribution in [0.3, 0.4) is 0 Å². The van der Waals surface area contributed by atoms with Crippen molar-refractivity contribution in [2.45, 2.75) is 62.7 Å². The Labute approximate surface area is 202 Å². The first-order valence-corrected chi connectivity index (χ1v) is 12.5. The van der Waals surface area contributed by atoms with Crippen LogP contribution < -0.4 is 27.4 Å². The number of nitrogens with one attached hydrogen (secondary N) is 3. The maximum atomic E-state index is 12.7. The second-order valence-electron chi connectivity index (χ2n) is 7.31. The van der Waals surface area contributed by atoms with Crippen LogP contribution in [-0.2, 0) is 24.0 Å². The van der Waals surface area contributed by atoms with E-state index in [0.717, 1.165) is 0 Å². The fourth-order valence-electron chi connectivity index (χ4n) is 2.69. The molecule has 0 aliphatic heterocycles. The van der Waals surface area contributed by atoms with Gasteiger partial charge in [0.25, 0.3) is 0 Å². The van der Waals surface area contributed by atoms with Crippen LogP contribution >= 0.6 is 24.4 Å². The summed E-state index contributed by atoms with van der Waals surface area (Å²) in [5, 5.41) is 25.3. The van der Waals surface area contributed by atoms with Gasteiger partial charge < -0.3 is 37.6 Å². The van der Waals surface area contributed by atoms with Gasteiger partial charge in [-0.15, -0.1) is 0 Å². The summed E-state index contributed by atoms with van der Waals surface area (Å²) in [6.45, 7) is 0.481. The highest BCUT2D eigenvalue weighted by Crippen LogP contribution is 2.06. The third kappa shape index (κ3) is 13.3. The lowest BCUT2D eigenvalue weighted by molar-refractivity contribution is -0.143. The van der Waals surface area contributed by atoms with Crippen molar-refractivity contribution in [1.82, 2.24) is 16.0 Å². The summed E-state index contributed by atoms with van der Waals surface area (Å²) in [6, 6.07) is -4.40. The highest BCUT2D eigenvalue weighted by molar-refractivity contribution is 7.98. The minimum Gasteiger partial charge on any atom is -0.481 e. The summed E-state index contributed by atoms with van der Waals surface area (Å²) in [7, 11) is 0. The SMILES string of the molecule is CSCCC(NC(=O)C(CS)NC(=O)C(N)CCCCN)C(=O)NC(CCC(=O)O)C(=O)O. The number of carboxylic acid groups (broad SMARTS) is 2. The lowest BCUT2D eigenvalue weighted by Gasteiger charge is -2.24. The number of rotatable bonds is 18. The van der Waals surface area contributed by atoms with Gasteiger partial charge in [0, 0.05) is 12.2 Å². The zero-order valence-corrected chi connectivity index (χ0v) is 20.3. The van der Waals surface area contributed by atoms with Crippen molar-refractivity contribution in [3.8, 4) is 0 Å². The highest BCUT2D eigenvalue weighted by atomic mass is 32.2. The maximum absolute atomic E-state index is 12.7. The van der Waals surface area contributed by atoms with Crippen LogP contribution in [0.5, 0.6) is 0 Å². The van der Waals surface area contributed by atoms with Gasteiger partial charge in [-0.2, -0.15) is 24.4 Å². The summed E-state index contributed by atoms with van der Waals surface area (Å²) in [5.41, 5.74) is 11.3. The fraction of sp³-hybridized carbons (Fsp3) is 0.737. The molecule has 0 aromatic rings. The summed E-state index contributed by atoms with van der Waals surface area (Å²) >= 11 is 5.50. The molecule has 0 heterocycles. The monoisotopic (exact) mass is 509 g/mol. The summed E-state index contributed by atoms with van der Waals surface area (Å²) in [5.74, 6) is -4.13. The quantitative estimate of drug-likeness (QED) is 0.0793. The minimum absolute atomic E-state index is 0.0552. The fourth-order valence-corrected chi connectivity index (χ4v) is 3.42. The molecule has 4 atom stereocenters. The molecule has 0 saturated carbocycles. The topological polar surface area (TPSA) is 214 Å². The smallest absolute Gasteiger partial charge is 0.326 e. The molecule has 14 heteroatoms. The Kier molecular flexibility index (Phi) is 16.4. The highest BCUT2D eigenvalue weighted by Gasteiger charge is 2.29. The van der Waals surface area contributed by atoms with Crippen LogP contribution in [0.4, 0.5) is 0 Å². The molecular formula is C19H35N5O7S2. The second-order valence-corrected chi connectivity index (χ2v) is 8.66. The molecule has 12 nitrogen and oxygen atoms in total. The van der Waals surface area contributed by atoms with E-state index in [4.69, 9.17) is 16.6 Å². The normalized spacial score (nSPS) is 14.4.